The van der Waals surface area contributed by atoms with Crippen LogP contribution >= 0.6 is 0 Å². The molecule has 0 bridgehead atoms. The fourth-order valence-electron chi connectivity index (χ4n) is 1.36. The van der Waals surface area contributed by atoms with E-state index in [9.17, 15) is 4.79 Å². The van der Waals surface area contributed by atoms with Gasteiger partial charge in [-0.2, -0.15) is 5.10 Å². The van der Waals surface area contributed by atoms with Crippen molar-refractivity contribution in [3.05, 3.63) is 18.0 Å². The molecule has 15 heavy (non-hydrogen) atoms. The number of carbonyl (C=O) groups is 1. The van der Waals surface area contributed by atoms with Crippen molar-refractivity contribution in [1.82, 2.24) is 9.78 Å². The second-order valence-electron chi connectivity index (χ2n) is 3.66. The van der Waals surface area contributed by atoms with Crippen LogP contribution in [0, 0.1) is 0 Å². The Labute approximate surface area is 89.4 Å². The van der Waals surface area contributed by atoms with Crippen molar-refractivity contribution in [2.24, 2.45) is 11.5 Å². The fraction of sp³-hybridized carbons (Fsp3) is 0.600. The molecule has 1 atom stereocenters. The number of aryl methyl sites for hydroxylation is 2. The highest BCUT2D eigenvalue weighted by molar-refractivity contribution is 5.79. The van der Waals surface area contributed by atoms with Gasteiger partial charge in [0.1, 0.15) is 0 Å². The van der Waals surface area contributed by atoms with Gasteiger partial charge in [0.05, 0.1) is 12.2 Å². The van der Waals surface area contributed by atoms with Crippen LogP contribution in [0.2, 0.25) is 0 Å². The van der Waals surface area contributed by atoms with Crippen molar-refractivity contribution >= 4 is 5.91 Å². The van der Waals surface area contributed by atoms with Gasteiger partial charge in [0.2, 0.25) is 5.91 Å². The Hall–Kier alpha value is -1.36. The lowest BCUT2D eigenvalue weighted by Crippen LogP contribution is -2.37. The third kappa shape index (κ3) is 3.71. The van der Waals surface area contributed by atoms with Crippen LogP contribution in [0.15, 0.2) is 12.4 Å². The number of primary amides is 1. The Morgan fingerprint density at radius 1 is 1.67 bits per heavy atom. The van der Waals surface area contributed by atoms with Gasteiger partial charge in [-0.15, -0.1) is 0 Å². The van der Waals surface area contributed by atoms with Crippen LogP contribution in [0.25, 0.3) is 0 Å². The number of amides is 1. The van der Waals surface area contributed by atoms with Gasteiger partial charge in [-0.25, -0.2) is 0 Å². The lowest BCUT2D eigenvalue weighted by atomic mass is 10.2. The molecule has 0 saturated heterocycles. The summed E-state index contributed by atoms with van der Waals surface area (Å²) in [6, 6.07) is -0.580. The molecule has 84 valence electrons. The first-order valence-corrected chi connectivity index (χ1v) is 5.19. The van der Waals surface area contributed by atoms with Crippen LogP contribution in [-0.4, -0.2) is 21.7 Å². The molecule has 0 aliphatic heterocycles. The van der Waals surface area contributed by atoms with Gasteiger partial charge in [0.15, 0.2) is 0 Å². The molecule has 0 saturated carbocycles. The second kappa shape index (κ2) is 5.50. The van der Waals surface area contributed by atoms with E-state index in [1.54, 1.807) is 4.68 Å². The van der Waals surface area contributed by atoms with Gasteiger partial charge in [0.25, 0.3) is 0 Å². The lowest BCUT2D eigenvalue weighted by Gasteiger charge is -2.06. The molecule has 0 aliphatic rings. The molecule has 0 radical (unpaired) electrons. The maximum absolute atomic E-state index is 10.7. The van der Waals surface area contributed by atoms with E-state index in [1.165, 1.54) is 5.56 Å². The average molecular weight is 210 g/mol. The Balaban J connectivity index is 2.40. The highest BCUT2D eigenvalue weighted by atomic mass is 16.1. The van der Waals surface area contributed by atoms with Gasteiger partial charge in [-0.1, -0.05) is 13.3 Å². The van der Waals surface area contributed by atoms with Gasteiger partial charge in [-0.3, -0.25) is 9.48 Å². The van der Waals surface area contributed by atoms with E-state index in [4.69, 9.17) is 11.5 Å². The number of hydrogen-bond acceptors (Lipinski definition) is 3. The maximum Gasteiger partial charge on any atom is 0.234 e. The molecule has 5 heteroatoms. The molecule has 1 rings (SSSR count). The van der Waals surface area contributed by atoms with Crippen LogP contribution in [0.4, 0.5) is 0 Å². The highest BCUT2D eigenvalue weighted by Gasteiger charge is 2.08. The molecule has 0 fully saturated rings. The zero-order chi connectivity index (χ0) is 11.3. The topological polar surface area (TPSA) is 86.9 Å². The number of hydrogen-bond donors (Lipinski definition) is 2. The van der Waals surface area contributed by atoms with E-state index < -0.39 is 11.9 Å². The second-order valence-corrected chi connectivity index (χ2v) is 3.66. The van der Waals surface area contributed by atoms with Crippen LogP contribution in [0.1, 0.15) is 25.3 Å². The van der Waals surface area contributed by atoms with E-state index in [0.717, 1.165) is 12.8 Å². The van der Waals surface area contributed by atoms with E-state index >= 15 is 0 Å². The summed E-state index contributed by atoms with van der Waals surface area (Å²) in [5.41, 5.74) is 11.8. The molecule has 0 spiro atoms. The number of nitrogens with zero attached hydrogens (tertiary/aromatic N) is 2. The molecular formula is C10H18N4O. The molecule has 0 aromatic carbocycles. The van der Waals surface area contributed by atoms with Crippen LogP contribution in [0.5, 0.6) is 0 Å². The van der Waals surface area contributed by atoms with Crippen LogP contribution in [0.3, 0.4) is 0 Å². The first-order chi connectivity index (χ1) is 7.13. The van der Waals surface area contributed by atoms with Crippen LogP contribution < -0.4 is 11.5 Å². The molecule has 0 aliphatic carbocycles. The standard InChI is InChI=1S/C10H18N4O/c1-2-3-8-6-13-14(7-8)5-4-9(11)10(12)15/h6-7,9H,2-5,11H2,1H3,(H2,12,15). The summed E-state index contributed by atoms with van der Waals surface area (Å²) in [7, 11) is 0. The van der Waals surface area contributed by atoms with E-state index in [-0.39, 0.29) is 0 Å². The Morgan fingerprint density at radius 2 is 2.40 bits per heavy atom. The fourth-order valence-corrected chi connectivity index (χ4v) is 1.36. The number of aromatic nitrogens is 2. The molecule has 4 N–H and O–H groups in total. The summed E-state index contributed by atoms with van der Waals surface area (Å²) in [4.78, 5) is 10.7. The number of rotatable bonds is 6. The highest BCUT2D eigenvalue weighted by Crippen LogP contribution is 2.02. The third-order valence-electron chi connectivity index (χ3n) is 2.26. The SMILES string of the molecule is CCCc1cnn(CCC(N)C(N)=O)c1. The summed E-state index contributed by atoms with van der Waals surface area (Å²) in [6.45, 7) is 2.76. The quantitative estimate of drug-likeness (QED) is 0.695. The van der Waals surface area contributed by atoms with E-state index in [2.05, 4.69) is 12.0 Å². The molecule has 1 heterocycles. The predicted octanol–water partition coefficient (Wildman–Crippen LogP) is 0.0383. The molecule has 1 aromatic heterocycles. The molecule has 1 unspecified atom stereocenters. The number of nitrogens with two attached hydrogens (primary N) is 2. The minimum Gasteiger partial charge on any atom is -0.368 e. The Kier molecular flexibility index (Phi) is 4.30. The largest absolute Gasteiger partial charge is 0.368 e. The molecule has 1 amide bonds. The smallest absolute Gasteiger partial charge is 0.234 e. The zero-order valence-electron chi connectivity index (χ0n) is 9.02. The summed E-state index contributed by atoms with van der Waals surface area (Å²) in [6.07, 6.45) is 6.49. The summed E-state index contributed by atoms with van der Waals surface area (Å²) < 4.78 is 1.80. The zero-order valence-corrected chi connectivity index (χ0v) is 9.02. The number of carbonyl (C=O) groups excluding carboxylic acids is 1. The van der Waals surface area contributed by atoms with Crippen molar-refractivity contribution in [3.63, 3.8) is 0 Å². The van der Waals surface area contributed by atoms with E-state index in [0.29, 0.717) is 13.0 Å². The Bertz CT molecular complexity index is 321. The Morgan fingerprint density at radius 3 is 3.00 bits per heavy atom. The minimum absolute atomic E-state index is 0.462. The first kappa shape index (κ1) is 11.7. The monoisotopic (exact) mass is 210 g/mol. The van der Waals surface area contributed by atoms with Crippen molar-refractivity contribution in [2.75, 3.05) is 0 Å². The summed E-state index contributed by atoms with van der Waals surface area (Å²) in [5, 5.41) is 4.18. The maximum atomic E-state index is 10.7. The average Bonchev–Trinajstić information content (AvgIpc) is 2.62. The first-order valence-electron chi connectivity index (χ1n) is 5.19. The minimum atomic E-state index is -0.580. The van der Waals surface area contributed by atoms with Gasteiger partial charge < -0.3 is 11.5 Å². The van der Waals surface area contributed by atoms with Gasteiger partial charge >= 0.3 is 0 Å². The van der Waals surface area contributed by atoms with Crippen molar-refractivity contribution in [1.29, 1.82) is 0 Å². The van der Waals surface area contributed by atoms with Gasteiger partial charge in [0, 0.05) is 12.7 Å². The van der Waals surface area contributed by atoms with E-state index in [1.807, 2.05) is 12.4 Å². The van der Waals surface area contributed by atoms with Crippen molar-refractivity contribution in [3.8, 4) is 0 Å². The molecular weight excluding hydrogens is 192 g/mol. The normalized spacial score (nSPS) is 12.7. The lowest BCUT2D eigenvalue weighted by molar-refractivity contribution is -0.119. The van der Waals surface area contributed by atoms with Crippen LogP contribution in [-0.2, 0) is 17.8 Å². The summed E-state index contributed by atoms with van der Waals surface area (Å²) >= 11 is 0. The molecule has 1 aromatic rings. The van der Waals surface area contributed by atoms with Crippen molar-refractivity contribution < 1.29 is 4.79 Å². The molecule has 5 nitrogen and oxygen atoms in total. The summed E-state index contributed by atoms with van der Waals surface area (Å²) in [5.74, 6) is -0.462. The predicted molar refractivity (Wildman–Crippen MR) is 58.0 cm³/mol. The van der Waals surface area contributed by atoms with Crippen molar-refractivity contribution in [2.45, 2.75) is 38.8 Å². The third-order valence-corrected chi connectivity index (χ3v) is 2.26. The van der Waals surface area contributed by atoms with Gasteiger partial charge in [-0.05, 0) is 18.4 Å².